The first kappa shape index (κ1) is 10.1. The lowest BCUT2D eigenvalue weighted by Crippen LogP contribution is -2.25. The predicted molar refractivity (Wildman–Crippen MR) is 44.4 cm³/mol. The zero-order chi connectivity index (χ0) is 8.20. The van der Waals surface area contributed by atoms with E-state index < -0.39 is 15.8 Å². The third-order valence-corrected chi connectivity index (χ3v) is 2.75. The summed E-state index contributed by atoms with van der Waals surface area (Å²) in [5.41, 5.74) is 0. The van der Waals surface area contributed by atoms with Crippen LogP contribution in [0.1, 0.15) is 40.0 Å². The second-order valence-electron chi connectivity index (χ2n) is 3.11. The Morgan fingerprint density at radius 1 is 1.50 bits per heavy atom. The molecule has 0 saturated carbocycles. The van der Waals surface area contributed by atoms with Gasteiger partial charge in [-0.3, -0.25) is 0 Å². The molecule has 3 heteroatoms. The molecule has 0 heterocycles. The van der Waals surface area contributed by atoms with Gasteiger partial charge in [-0.25, -0.2) is 4.21 Å². The van der Waals surface area contributed by atoms with E-state index in [-0.39, 0.29) is 0 Å². The van der Waals surface area contributed by atoms with Crippen molar-refractivity contribution < 1.29 is 8.76 Å². The molecule has 0 radical (unpaired) electrons. The van der Waals surface area contributed by atoms with Crippen LogP contribution < -0.4 is 0 Å². The third-order valence-electron chi connectivity index (χ3n) is 1.61. The molecule has 1 N–H and O–H groups in total. The van der Waals surface area contributed by atoms with E-state index in [1.54, 1.807) is 0 Å². The smallest absolute Gasteiger partial charge is 0.158 e. The minimum atomic E-state index is -1.68. The Bertz CT molecular complexity index is 121. The van der Waals surface area contributed by atoms with Crippen LogP contribution in [0.15, 0.2) is 0 Å². The third kappa shape index (κ3) is 3.32. The van der Waals surface area contributed by atoms with E-state index in [4.69, 9.17) is 4.55 Å². The van der Waals surface area contributed by atoms with Crippen LogP contribution in [-0.2, 0) is 11.1 Å². The summed E-state index contributed by atoms with van der Waals surface area (Å²) in [4.78, 5) is 0. The number of rotatable bonds is 4. The standard InChI is InChI=1S/C7H16O2S/c1-4-5-6-7(2,3)10(8)9/h4-6H2,1-3H3,(H,8,9). The largest absolute Gasteiger partial charge is 0.306 e. The van der Waals surface area contributed by atoms with Gasteiger partial charge in [0.2, 0.25) is 0 Å². The Kier molecular flexibility index (Phi) is 4.13. The number of unbranched alkanes of at least 4 members (excludes halogenated alkanes) is 1. The quantitative estimate of drug-likeness (QED) is 0.647. The van der Waals surface area contributed by atoms with Crippen molar-refractivity contribution in [3.8, 4) is 0 Å². The van der Waals surface area contributed by atoms with Gasteiger partial charge in [0.05, 0.1) is 4.75 Å². The summed E-state index contributed by atoms with van der Waals surface area (Å²) >= 11 is -1.68. The van der Waals surface area contributed by atoms with Crippen LogP contribution in [0.2, 0.25) is 0 Å². The molecule has 2 nitrogen and oxygen atoms in total. The van der Waals surface area contributed by atoms with E-state index in [9.17, 15) is 4.21 Å². The van der Waals surface area contributed by atoms with Gasteiger partial charge in [-0.2, -0.15) is 0 Å². The summed E-state index contributed by atoms with van der Waals surface area (Å²) in [6.45, 7) is 5.72. The summed E-state index contributed by atoms with van der Waals surface area (Å²) in [5.74, 6) is 0. The van der Waals surface area contributed by atoms with Gasteiger partial charge in [-0.15, -0.1) is 0 Å². The van der Waals surface area contributed by atoms with Crippen LogP contribution in [-0.4, -0.2) is 13.5 Å². The first-order valence-corrected chi connectivity index (χ1v) is 4.72. The highest BCUT2D eigenvalue weighted by molar-refractivity contribution is 7.80. The number of hydrogen-bond acceptors (Lipinski definition) is 1. The molecule has 0 aromatic carbocycles. The summed E-state index contributed by atoms with van der Waals surface area (Å²) in [7, 11) is 0. The zero-order valence-electron chi connectivity index (χ0n) is 6.89. The highest BCUT2D eigenvalue weighted by Crippen LogP contribution is 2.18. The predicted octanol–water partition coefficient (Wildman–Crippen LogP) is 2.18. The molecule has 0 aromatic rings. The maximum atomic E-state index is 10.6. The van der Waals surface area contributed by atoms with Gasteiger partial charge in [0.25, 0.3) is 0 Å². The molecule has 0 aromatic heterocycles. The average molecular weight is 164 g/mol. The van der Waals surface area contributed by atoms with E-state index in [1.807, 2.05) is 13.8 Å². The van der Waals surface area contributed by atoms with Crippen molar-refractivity contribution in [2.45, 2.75) is 44.8 Å². The number of hydrogen-bond donors (Lipinski definition) is 1. The van der Waals surface area contributed by atoms with Gasteiger partial charge in [-0.05, 0) is 20.3 Å². The molecule has 0 aliphatic heterocycles. The van der Waals surface area contributed by atoms with Crippen molar-refractivity contribution in [2.75, 3.05) is 0 Å². The molecule has 0 bridgehead atoms. The molecule has 0 aliphatic rings. The monoisotopic (exact) mass is 164 g/mol. The van der Waals surface area contributed by atoms with Crippen molar-refractivity contribution in [2.24, 2.45) is 0 Å². The van der Waals surface area contributed by atoms with Gasteiger partial charge >= 0.3 is 0 Å². The minimum Gasteiger partial charge on any atom is -0.306 e. The van der Waals surface area contributed by atoms with Gasteiger partial charge in [0.15, 0.2) is 11.1 Å². The summed E-state index contributed by atoms with van der Waals surface area (Å²) in [5, 5.41) is 0. The first-order chi connectivity index (χ1) is 4.50. The second-order valence-corrected chi connectivity index (χ2v) is 4.72. The lowest BCUT2D eigenvalue weighted by atomic mass is 10.1. The molecule has 0 aliphatic carbocycles. The van der Waals surface area contributed by atoms with Gasteiger partial charge in [0.1, 0.15) is 0 Å². The van der Waals surface area contributed by atoms with Crippen molar-refractivity contribution >= 4 is 11.1 Å². The van der Waals surface area contributed by atoms with E-state index >= 15 is 0 Å². The fraction of sp³-hybridized carbons (Fsp3) is 1.00. The SMILES string of the molecule is CCCCC(C)(C)S(=O)O. The summed E-state index contributed by atoms with van der Waals surface area (Å²) in [6.07, 6.45) is 2.94. The van der Waals surface area contributed by atoms with Gasteiger partial charge in [0, 0.05) is 0 Å². The van der Waals surface area contributed by atoms with Crippen LogP contribution in [0.5, 0.6) is 0 Å². The van der Waals surface area contributed by atoms with Crippen LogP contribution in [0.25, 0.3) is 0 Å². The fourth-order valence-electron chi connectivity index (χ4n) is 0.690. The summed E-state index contributed by atoms with van der Waals surface area (Å²) < 4.78 is 19.0. The molecule has 0 saturated heterocycles. The summed E-state index contributed by atoms with van der Waals surface area (Å²) in [6, 6.07) is 0. The molecule has 0 spiro atoms. The van der Waals surface area contributed by atoms with Crippen LogP contribution in [0.3, 0.4) is 0 Å². The molecule has 1 atom stereocenters. The first-order valence-electron chi connectivity index (χ1n) is 3.61. The average Bonchev–Trinajstić information content (AvgIpc) is 1.84. The van der Waals surface area contributed by atoms with Gasteiger partial charge < -0.3 is 4.55 Å². The van der Waals surface area contributed by atoms with Crippen LogP contribution in [0.4, 0.5) is 0 Å². The van der Waals surface area contributed by atoms with Crippen molar-refractivity contribution in [1.82, 2.24) is 0 Å². The van der Waals surface area contributed by atoms with Crippen molar-refractivity contribution in [3.05, 3.63) is 0 Å². The Hall–Kier alpha value is 0.110. The van der Waals surface area contributed by atoms with Crippen LogP contribution >= 0.6 is 0 Å². The molecule has 0 fully saturated rings. The fourth-order valence-corrected chi connectivity index (χ4v) is 1.01. The Balaban J connectivity index is 3.75. The van der Waals surface area contributed by atoms with Crippen LogP contribution in [0, 0.1) is 0 Å². The Morgan fingerprint density at radius 3 is 2.30 bits per heavy atom. The normalized spacial score (nSPS) is 15.2. The maximum absolute atomic E-state index is 10.6. The molecular formula is C7H16O2S. The lowest BCUT2D eigenvalue weighted by molar-refractivity contribution is 0.490. The molecule has 62 valence electrons. The van der Waals surface area contributed by atoms with Crippen molar-refractivity contribution in [1.29, 1.82) is 0 Å². The maximum Gasteiger partial charge on any atom is 0.158 e. The molecule has 0 amide bonds. The topological polar surface area (TPSA) is 37.3 Å². The Labute approximate surface area is 65.3 Å². The molecule has 10 heavy (non-hydrogen) atoms. The zero-order valence-corrected chi connectivity index (χ0v) is 7.70. The minimum absolute atomic E-state index is 0.421. The van der Waals surface area contributed by atoms with E-state index in [2.05, 4.69) is 6.92 Å². The highest BCUT2D eigenvalue weighted by atomic mass is 32.2. The van der Waals surface area contributed by atoms with E-state index in [0.29, 0.717) is 0 Å². The molecule has 1 unspecified atom stereocenters. The Morgan fingerprint density at radius 2 is 2.00 bits per heavy atom. The van der Waals surface area contributed by atoms with Crippen molar-refractivity contribution in [3.63, 3.8) is 0 Å². The second kappa shape index (κ2) is 4.09. The molecular weight excluding hydrogens is 148 g/mol. The van der Waals surface area contributed by atoms with Gasteiger partial charge in [-0.1, -0.05) is 19.8 Å². The van der Waals surface area contributed by atoms with E-state index in [1.165, 1.54) is 0 Å². The molecule has 0 rings (SSSR count). The highest BCUT2D eigenvalue weighted by Gasteiger charge is 2.23. The van der Waals surface area contributed by atoms with E-state index in [0.717, 1.165) is 19.3 Å². The lowest BCUT2D eigenvalue weighted by Gasteiger charge is -2.18.